The van der Waals surface area contributed by atoms with Gasteiger partial charge in [0.05, 0.1) is 24.8 Å². The molecule has 0 unspecified atom stereocenters. The molecule has 108 valence electrons. The Morgan fingerprint density at radius 2 is 2.05 bits per heavy atom. The zero-order chi connectivity index (χ0) is 15.0. The number of ether oxygens (including phenoxy) is 1. The molecule has 5 heteroatoms. The first-order valence-corrected chi connectivity index (χ1v) is 6.68. The van der Waals surface area contributed by atoms with Gasteiger partial charge in [-0.2, -0.15) is 5.26 Å². The summed E-state index contributed by atoms with van der Waals surface area (Å²) in [7, 11) is 0. The molecule has 0 radical (unpaired) electrons. The zero-order valence-corrected chi connectivity index (χ0v) is 12.0. The van der Waals surface area contributed by atoms with E-state index in [0.717, 1.165) is 18.7 Å². The number of benzene rings is 1. The van der Waals surface area contributed by atoms with Gasteiger partial charge in [-0.15, -0.1) is 0 Å². The smallest absolute Gasteiger partial charge is 0.231 e. The summed E-state index contributed by atoms with van der Waals surface area (Å²) in [5.41, 5.74) is 5.83. The second-order valence-electron chi connectivity index (χ2n) is 4.87. The van der Waals surface area contributed by atoms with Crippen molar-refractivity contribution >= 4 is 5.91 Å². The lowest BCUT2D eigenvalue weighted by Gasteiger charge is -2.24. The van der Waals surface area contributed by atoms with Crippen LogP contribution in [0, 0.1) is 11.3 Å². The van der Waals surface area contributed by atoms with E-state index in [9.17, 15) is 4.79 Å². The van der Waals surface area contributed by atoms with Gasteiger partial charge in [0.1, 0.15) is 5.75 Å². The summed E-state index contributed by atoms with van der Waals surface area (Å²) in [6.07, 6.45) is 0.811. The van der Waals surface area contributed by atoms with Gasteiger partial charge in [0.2, 0.25) is 5.91 Å². The first-order chi connectivity index (χ1) is 9.52. The molecular formula is C15H21N3O2. The summed E-state index contributed by atoms with van der Waals surface area (Å²) in [5, 5.41) is 8.69. The Morgan fingerprint density at radius 1 is 1.40 bits per heavy atom. The van der Waals surface area contributed by atoms with Crippen LogP contribution in [-0.4, -0.2) is 36.5 Å². The second-order valence-corrected chi connectivity index (χ2v) is 4.87. The molecule has 20 heavy (non-hydrogen) atoms. The molecule has 0 spiro atoms. The van der Waals surface area contributed by atoms with Crippen LogP contribution in [0.2, 0.25) is 0 Å². The molecule has 0 aromatic heterocycles. The molecule has 1 rings (SSSR count). The predicted molar refractivity (Wildman–Crippen MR) is 77.2 cm³/mol. The van der Waals surface area contributed by atoms with Crippen LogP contribution in [-0.2, 0) is 4.79 Å². The van der Waals surface area contributed by atoms with E-state index in [-0.39, 0.29) is 18.5 Å². The largest absolute Gasteiger partial charge is 0.494 e. The van der Waals surface area contributed by atoms with Crippen LogP contribution >= 0.6 is 0 Å². The van der Waals surface area contributed by atoms with E-state index in [1.807, 2.05) is 18.7 Å². The average Bonchev–Trinajstić information content (AvgIpc) is 2.42. The van der Waals surface area contributed by atoms with Crippen LogP contribution in [0.3, 0.4) is 0 Å². The van der Waals surface area contributed by atoms with Crippen molar-refractivity contribution < 1.29 is 9.53 Å². The van der Waals surface area contributed by atoms with E-state index in [1.165, 1.54) is 0 Å². The van der Waals surface area contributed by atoms with E-state index < -0.39 is 0 Å². The molecule has 2 N–H and O–H groups in total. The molecule has 1 aromatic rings. The standard InChI is InChI=1S/C15H21N3O2/c1-12(2)18(11-15(17)19)8-3-9-20-14-6-4-13(10-16)5-7-14/h4-7,12H,3,8-9,11H2,1-2H3,(H2,17,19). The Hall–Kier alpha value is -2.06. The molecule has 0 aliphatic heterocycles. The summed E-state index contributed by atoms with van der Waals surface area (Å²) in [4.78, 5) is 13.0. The van der Waals surface area contributed by atoms with E-state index in [2.05, 4.69) is 6.07 Å². The Labute approximate surface area is 119 Å². The molecule has 1 amide bonds. The molecule has 0 atom stereocenters. The van der Waals surface area contributed by atoms with Crippen molar-refractivity contribution in [3.63, 3.8) is 0 Å². The maximum atomic E-state index is 11.0. The predicted octanol–water partition coefficient (Wildman–Crippen LogP) is 1.52. The van der Waals surface area contributed by atoms with Gasteiger partial charge in [-0.3, -0.25) is 9.69 Å². The normalized spacial score (nSPS) is 10.6. The highest BCUT2D eigenvalue weighted by Gasteiger charge is 2.11. The van der Waals surface area contributed by atoms with Gasteiger partial charge >= 0.3 is 0 Å². The third kappa shape index (κ3) is 5.72. The maximum Gasteiger partial charge on any atom is 0.231 e. The number of nitriles is 1. The van der Waals surface area contributed by atoms with Crippen LogP contribution in [0.5, 0.6) is 5.75 Å². The highest BCUT2D eigenvalue weighted by atomic mass is 16.5. The Bertz CT molecular complexity index is 463. The topological polar surface area (TPSA) is 79.3 Å². The quantitative estimate of drug-likeness (QED) is 0.729. The minimum absolute atomic E-state index is 0.272. The second kappa shape index (κ2) is 8.18. The minimum atomic E-state index is -0.313. The number of primary amides is 1. The fraction of sp³-hybridized carbons (Fsp3) is 0.467. The molecule has 0 saturated heterocycles. The lowest BCUT2D eigenvalue weighted by atomic mass is 10.2. The molecule has 0 aliphatic carbocycles. The lowest BCUT2D eigenvalue weighted by Crippen LogP contribution is -2.39. The molecule has 0 fully saturated rings. The highest BCUT2D eigenvalue weighted by Crippen LogP contribution is 2.11. The Kier molecular flexibility index (Phi) is 6.54. The minimum Gasteiger partial charge on any atom is -0.494 e. The summed E-state index contributed by atoms with van der Waals surface area (Å²) in [6, 6.07) is 9.35. The number of hydrogen-bond acceptors (Lipinski definition) is 4. The van der Waals surface area contributed by atoms with Crippen molar-refractivity contribution in [2.75, 3.05) is 19.7 Å². The third-order valence-corrected chi connectivity index (χ3v) is 2.93. The molecule has 1 aromatic carbocycles. The number of nitrogens with two attached hydrogens (primary N) is 1. The zero-order valence-electron chi connectivity index (χ0n) is 12.0. The van der Waals surface area contributed by atoms with Crippen LogP contribution in [0.25, 0.3) is 0 Å². The van der Waals surface area contributed by atoms with E-state index >= 15 is 0 Å². The van der Waals surface area contributed by atoms with Crippen molar-refractivity contribution in [3.8, 4) is 11.8 Å². The van der Waals surface area contributed by atoms with Crippen molar-refractivity contribution in [2.24, 2.45) is 5.73 Å². The average molecular weight is 275 g/mol. The molecule has 0 aliphatic rings. The SMILES string of the molecule is CC(C)N(CCCOc1ccc(C#N)cc1)CC(N)=O. The van der Waals surface area contributed by atoms with Gasteiger partial charge in [-0.25, -0.2) is 0 Å². The van der Waals surface area contributed by atoms with Crippen molar-refractivity contribution in [3.05, 3.63) is 29.8 Å². The summed E-state index contributed by atoms with van der Waals surface area (Å²) >= 11 is 0. The van der Waals surface area contributed by atoms with Crippen LogP contribution < -0.4 is 10.5 Å². The third-order valence-electron chi connectivity index (χ3n) is 2.93. The fourth-order valence-electron chi connectivity index (χ4n) is 1.80. The van der Waals surface area contributed by atoms with E-state index in [1.54, 1.807) is 24.3 Å². The maximum absolute atomic E-state index is 11.0. The molecule has 0 bridgehead atoms. The van der Waals surface area contributed by atoms with Crippen molar-refractivity contribution in [1.82, 2.24) is 4.90 Å². The van der Waals surface area contributed by atoms with Crippen LogP contribution in [0.4, 0.5) is 0 Å². The van der Waals surface area contributed by atoms with Crippen molar-refractivity contribution in [2.45, 2.75) is 26.3 Å². The van der Waals surface area contributed by atoms with Gasteiger partial charge in [0.15, 0.2) is 0 Å². The highest BCUT2D eigenvalue weighted by molar-refractivity contribution is 5.75. The summed E-state index contributed by atoms with van der Waals surface area (Å²) < 4.78 is 5.59. The van der Waals surface area contributed by atoms with Crippen molar-refractivity contribution in [1.29, 1.82) is 5.26 Å². The Balaban J connectivity index is 2.32. The monoisotopic (exact) mass is 275 g/mol. The van der Waals surface area contributed by atoms with E-state index in [0.29, 0.717) is 12.2 Å². The number of carbonyl (C=O) groups excluding carboxylic acids is 1. The van der Waals surface area contributed by atoms with E-state index in [4.69, 9.17) is 15.7 Å². The van der Waals surface area contributed by atoms with Gasteiger partial charge in [-0.05, 0) is 44.5 Å². The van der Waals surface area contributed by atoms with Crippen LogP contribution in [0.1, 0.15) is 25.8 Å². The molecule has 0 saturated carbocycles. The Morgan fingerprint density at radius 3 is 2.55 bits per heavy atom. The first-order valence-electron chi connectivity index (χ1n) is 6.68. The van der Waals surface area contributed by atoms with Gasteiger partial charge in [0.25, 0.3) is 0 Å². The lowest BCUT2D eigenvalue weighted by molar-refractivity contribution is -0.119. The molecule has 5 nitrogen and oxygen atoms in total. The number of amides is 1. The number of rotatable bonds is 8. The number of nitrogens with zero attached hydrogens (tertiary/aromatic N) is 2. The number of hydrogen-bond donors (Lipinski definition) is 1. The summed E-state index contributed by atoms with van der Waals surface area (Å²) in [5.74, 6) is 0.432. The van der Waals surface area contributed by atoms with Gasteiger partial charge in [0, 0.05) is 12.6 Å². The summed E-state index contributed by atoms with van der Waals surface area (Å²) in [6.45, 7) is 5.66. The van der Waals surface area contributed by atoms with Crippen LogP contribution in [0.15, 0.2) is 24.3 Å². The van der Waals surface area contributed by atoms with Gasteiger partial charge < -0.3 is 10.5 Å². The molecule has 0 heterocycles. The first kappa shape index (κ1) is 16.0. The number of carbonyl (C=O) groups is 1. The molecular weight excluding hydrogens is 254 g/mol. The van der Waals surface area contributed by atoms with Gasteiger partial charge in [-0.1, -0.05) is 0 Å². The fourth-order valence-corrected chi connectivity index (χ4v) is 1.80.